The van der Waals surface area contributed by atoms with E-state index in [1.54, 1.807) is 20.8 Å². The van der Waals surface area contributed by atoms with Crippen LogP contribution in [0.3, 0.4) is 0 Å². The van der Waals surface area contributed by atoms with Crippen molar-refractivity contribution in [1.29, 1.82) is 0 Å². The number of ketones is 2. The first kappa shape index (κ1) is 16.6. The Morgan fingerprint density at radius 2 is 2.05 bits per heavy atom. The number of amides is 1. The fourth-order valence-electron chi connectivity index (χ4n) is 2.22. The van der Waals surface area contributed by atoms with E-state index < -0.39 is 29.4 Å². The highest BCUT2D eigenvalue weighted by molar-refractivity contribution is 6.38. The monoisotopic (exact) mass is 285 g/mol. The van der Waals surface area contributed by atoms with Gasteiger partial charge in [0.2, 0.25) is 5.78 Å². The molecule has 0 radical (unpaired) electrons. The highest BCUT2D eigenvalue weighted by atomic mass is 16.6. The zero-order valence-electron chi connectivity index (χ0n) is 12.5. The molecule has 1 fully saturated rings. The lowest BCUT2D eigenvalue weighted by Crippen LogP contribution is -2.50. The predicted octanol–water partition coefficient (Wildman–Crippen LogP) is 1.46. The van der Waals surface area contributed by atoms with E-state index in [1.165, 1.54) is 7.11 Å². The second-order valence-electron chi connectivity index (χ2n) is 5.99. The summed E-state index contributed by atoms with van der Waals surface area (Å²) < 4.78 is 10.2. The van der Waals surface area contributed by atoms with Crippen LogP contribution in [0.5, 0.6) is 0 Å². The van der Waals surface area contributed by atoms with Gasteiger partial charge >= 0.3 is 6.09 Å². The molecule has 0 aromatic heterocycles. The second-order valence-corrected chi connectivity index (χ2v) is 5.99. The molecule has 1 N–H and O–H groups in total. The van der Waals surface area contributed by atoms with Crippen LogP contribution >= 0.6 is 0 Å². The quantitative estimate of drug-likeness (QED) is 0.791. The van der Waals surface area contributed by atoms with E-state index >= 15 is 0 Å². The van der Waals surface area contributed by atoms with Gasteiger partial charge in [-0.15, -0.1) is 0 Å². The van der Waals surface area contributed by atoms with Gasteiger partial charge in [0.05, 0.1) is 12.6 Å². The summed E-state index contributed by atoms with van der Waals surface area (Å²) in [4.78, 5) is 35.2. The van der Waals surface area contributed by atoms with Crippen LogP contribution in [0.2, 0.25) is 0 Å². The molecule has 2 atom stereocenters. The van der Waals surface area contributed by atoms with Gasteiger partial charge in [-0.25, -0.2) is 4.79 Å². The molecule has 0 bridgehead atoms. The number of hydrogen-bond donors (Lipinski definition) is 1. The van der Waals surface area contributed by atoms with Gasteiger partial charge in [-0.3, -0.25) is 9.59 Å². The maximum Gasteiger partial charge on any atom is 0.407 e. The molecule has 20 heavy (non-hydrogen) atoms. The third-order valence-electron chi connectivity index (χ3n) is 3.06. The largest absolute Gasteiger partial charge is 0.444 e. The Balaban J connectivity index is 2.70. The lowest BCUT2D eigenvalue weighted by molar-refractivity contribution is -0.141. The number of Topliss-reactive ketones (excluding diaryl/α,β-unsaturated/α-hetero) is 2. The topological polar surface area (TPSA) is 81.7 Å². The molecule has 0 aromatic rings. The SMILES string of the molecule is COCC(NC(=O)OC(C)(C)C)C1CCCC(=O)C1=O. The molecule has 0 heterocycles. The first-order valence-corrected chi connectivity index (χ1v) is 6.80. The number of alkyl carbamates (subject to hydrolysis) is 1. The summed E-state index contributed by atoms with van der Waals surface area (Å²) in [7, 11) is 1.49. The summed E-state index contributed by atoms with van der Waals surface area (Å²) in [5, 5.41) is 2.64. The van der Waals surface area contributed by atoms with Crippen LogP contribution < -0.4 is 5.32 Å². The van der Waals surface area contributed by atoms with Gasteiger partial charge in [0, 0.05) is 19.4 Å². The molecule has 1 rings (SSSR count). The van der Waals surface area contributed by atoms with Gasteiger partial charge in [-0.2, -0.15) is 0 Å². The Morgan fingerprint density at radius 1 is 1.40 bits per heavy atom. The number of hydrogen-bond acceptors (Lipinski definition) is 5. The second kappa shape index (κ2) is 6.83. The average molecular weight is 285 g/mol. The molecule has 1 aliphatic carbocycles. The fraction of sp³-hybridized carbons (Fsp3) is 0.786. The number of rotatable bonds is 4. The molecule has 0 saturated heterocycles. The lowest BCUT2D eigenvalue weighted by Gasteiger charge is -2.29. The predicted molar refractivity (Wildman–Crippen MR) is 72.4 cm³/mol. The summed E-state index contributed by atoms with van der Waals surface area (Å²) in [6.07, 6.45) is 0.923. The Bertz CT molecular complexity index is 386. The number of ether oxygens (including phenoxy) is 2. The van der Waals surface area contributed by atoms with E-state index in [2.05, 4.69) is 5.32 Å². The van der Waals surface area contributed by atoms with E-state index in [0.29, 0.717) is 19.3 Å². The minimum atomic E-state index is -0.617. The summed E-state index contributed by atoms with van der Waals surface area (Å²) in [5.41, 5.74) is -0.617. The number of nitrogens with one attached hydrogen (secondary N) is 1. The van der Waals surface area contributed by atoms with Crippen molar-refractivity contribution >= 4 is 17.7 Å². The van der Waals surface area contributed by atoms with Crippen molar-refractivity contribution in [1.82, 2.24) is 5.32 Å². The minimum Gasteiger partial charge on any atom is -0.444 e. The molecule has 0 spiro atoms. The maximum atomic E-state index is 11.9. The molecule has 1 aliphatic rings. The highest BCUT2D eigenvalue weighted by Gasteiger charge is 2.36. The maximum absolute atomic E-state index is 11.9. The van der Waals surface area contributed by atoms with E-state index in [4.69, 9.17) is 9.47 Å². The molecular formula is C14H23NO5. The first-order chi connectivity index (χ1) is 9.24. The Hall–Kier alpha value is -1.43. The molecular weight excluding hydrogens is 262 g/mol. The van der Waals surface area contributed by atoms with Crippen molar-refractivity contribution in [2.75, 3.05) is 13.7 Å². The van der Waals surface area contributed by atoms with Crippen molar-refractivity contribution in [3.63, 3.8) is 0 Å². The average Bonchev–Trinajstić information content (AvgIpc) is 2.30. The van der Waals surface area contributed by atoms with Gasteiger partial charge in [0.1, 0.15) is 5.60 Å². The summed E-state index contributed by atoms with van der Waals surface area (Å²) in [6, 6.07) is -0.536. The van der Waals surface area contributed by atoms with Crippen LogP contribution in [-0.2, 0) is 19.1 Å². The van der Waals surface area contributed by atoms with Crippen molar-refractivity contribution < 1.29 is 23.9 Å². The van der Waals surface area contributed by atoms with Crippen LogP contribution in [0, 0.1) is 5.92 Å². The van der Waals surface area contributed by atoms with Crippen LogP contribution in [-0.4, -0.2) is 43.0 Å². The summed E-state index contributed by atoms with van der Waals surface area (Å²) in [6.45, 7) is 5.44. The van der Waals surface area contributed by atoms with Gasteiger partial charge in [-0.05, 0) is 33.6 Å². The zero-order valence-corrected chi connectivity index (χ0v) is 12.5. The highest BCUT2D eigenvalue weighted by Crippen LogP contribution is 2.22. The van der Waals surface area contributed by atoms with Gasteiger partial charge in [0.15, 0.2) is 5.78 Å². The number of carbonyl (C=O) groups excluding carboxylic acids is 3. The molecule has 0 aromatic carbocycles. The number of methoxy groups -OCH3 is 1. The van der Waals surface area contributed by atoms with Crippen LogP contribution in [0.25, 0.3) is 0 Å². The fourth-order valence-corrected chi connectivity index (χ4v) is 2.22. The molecule has 2 unspecified atom stereocenters. The van der Waals surface area contributed by atoms with Crippen molar-refractivity contribution in [2.24, 2.45) is 5.92 Å². The third kappa shape index (κ3) is 4.92. The Labute approximate surface area is 119 Å². The molecule has 6 heteroatoms. The number of carbonyl (C=O) groups is 3. The third-order valence-corrected chi connectivity index (χ3v) is 3.06. The van der Waals surface area contributed by atoms with Crippen LogP contribution in [0.15, 0.2) is 0 Å². The Morgan fingerprint density at radius 3 is 2.60 bits per heavy atom. The van der Waals surface area contributed by atoms with Crippen molar-refractivity contribution in [3.05, 3.63) is 0 Å². The van der Waals surface area contributed by atoms with E-state index in [-0.39, 0.29) is 12.4 Å². The van der Waals surface area contributed by atoms with E-state index in [0.717, 1.165) is 0 Å². The smallest absolute Gasteiger partial charge is 0.407 e. The lowest BCUT2D eigenvalue weighted by atomic mass is 9.82. The minimum absolute atomic E-state index is 0.170. The summed E-state index contributed by atoms with van der Waals surface area (Å²) >= 11 is 0. The molecule has 114 valence electrons. The molecule has 1 amide bonds. The summed E-state index contributed by atoms with van der Waals surface area (Å²) in [5.74, 6) is -1.31. The van der Waals surface area contributed by atoms with Crippen LogP contribution in [0.1, 0.15) is 40.0 Å². The van der Waals surface area contributed by atoms with E-state index in [9.17, 15) is 14.4 Å². The molecule has 6 nitrogen and oxygen atoms in total. The van der Waals surface area contributed by atoms with Gasteiger partial charge in [0.25, 0.3) is 0 Å². The Kier molecular flexibility index (Phi) is 5.68. The van der Waals surface area contributed by atoms with Gasteiger partial charge < -0.3 is 14.8 Å². The van der Waals surface area contributed by atoms with Gasteiger partial charge in [-0.1, -0.05) is 0 Å². The standard InChI is InChI=1S/C14H23NO5/c1-14(2,3)20-13(18)15-10(8-19-4)9-6-5-7-11(16)12(9)17/h9-10H,5-8H2,1-4H3,(H,15,18). The normalized spacial score (nSPS) is 21.5. The van der Waals surface area contributed by atoms with E-state index in [1.807, 2.05) is 0 Å². The molecule has 1 saturated carbocycles. The zero-order chi connectivity index (χ0) is 15.3. The van der Waals surface area contributed by atoms with Crippen molar-refractivity contribution in [3.8, 4) is 0 Å². The molecule has 0 aliphatic heterocycles. The first-order valence-electron chi connectivity index (χ1n) is 6.80. The van der Waals surface area contributed by atoms with Crippen LogP contribution in [0.4, 0.5) is 4.79 Å². The van der Waals surface area contributed by atoms with Crippen molar-refractivity contribution in [2.45, 2.75) is 51.7 Å².